The van der Waals surface area contributed by atoms with Crippen molar-refractivity contribution in [2.75, 3.05) is 24.3 Å². The van der Waals surface area contributed by atoms with Crippen molar-refractivity contribution in [2.45, 2.75) is 0 Å². The van der Waals surface area contributed by atoms with Crippen LogP contribution < -0.4 is 4.90 Å². The molecule has 0 unspecified atom stereocenters. The Morgan fingerprint density at radius 2 is 2.07 bits per heavy atom. The van der Waals surface area contributed by atoms with Crippen molar-refractivity contribution in [3.63, 3.8) is 0 Å². The van der Waals surface area contributed by atoms with E-state index in [2.05, 4.69) is 31.9 Å². The molecule has 76 valence electrons. The fourth-order valence-corrected chi connectivity index (χ4v) is 1.85. The minimum Gasteiger partial charge on any atom is -0.378 e. The Labute approximate surface area is 101 Å². The molecule has 4 heteroatoms. The maximum Gasteiger partial charge on any atom is 0.174 e. The third kappa shape index (κ3) is 2.58. The Hall–Kier alpha value is -0.350. The molecular formula is C10H11Br2NO. The van der Waals surface area contributed by atoms with E-state index in [0.717, 1.165) is 10.2 Å². The number of hydrogen-bond acceptors (Lipinski definition) is 2. The molecule has 0 aromatic heterocycles. The molecule has 0 aliphatic rings. The van der Waals surface area contributed by atoms with Gasteiger partial charge < -0.3 is 4.90 Å². The number of Topliss-reactive ketones (excluding diaryl/α,β-unsaturated/α-hetero) is 1. The van der Waals surface area contributed by atoms with E-state index in [-0.39, 0.29) is 5.78 Å². The van der Waals surface area contributed by atoms with Crippen LogP contribution in [-0.2, 0) is 0 Å². The predicted molar refractivity (Wildman–Crippen MR) is 66.6 cm³/mol. The standard InChI is InChI=1S/C10H11Br2NO/c1-13(2)7-3-4-9(12)8(5-7)10(14)6-11/h3-5H,6H2,1-2H3. The average Bonchev–Trinajstić information content (AvgIpc) is 2.17. The van der Waals surface area contributed by atoms with Crippen molar-refractivity contribution in [1.82, 2.24) is 0 Å². The number of hydrogen-bond donors (Lipinski definition) is 0. The van der Waals surface area contributed by atoms with Gasteiger partial charge in [0, 0.05) is 29.8 Å². The highest BCUT2D eigenvalue weighted by molar-refractivity contribution is 9.10. The molecule has 0 aliphatic carbocycles. The lowest BCUT2D eigenvalue weighted by Gasteiger charge is -2.13. The summed E-state index contributed by atoms with van der Waals surface area (Å²) in [5.41, 5.74) is 1.74. The molecule has 0 spiro atoms. The van der Waals surface area contributed by atoms with Crippen molar-refractivity contribution < 1.29 is 4.79 Å². The maximum absolute atomic E-state index is 11.5. The second kappa shape index (κ2) is 4.94. The number of alkyl halides is 1. The second-order valence-electron chi connectivity index (χ2n) is 3.12. The number of carbonyl (C=O) groups excluding carboxylic acids is 1. The van der Waals surface area contributed by atoms with Gasteiger partial charge in [0.05, 0.1) is 5.33 Å². The summed E-state index contributed by atoms with van der Waals surface area (Å²) in [5, 5.41) is 0.350. The highest BCUT2D eigenvalue weighted by atomic mass is 79.9. The number of carbonyl (C=O) groups is 1. The maximum atomic E-state index is 11.5. The first-order valence-corrected chi connectivity index (χ1v) is 6.03. The molecule has 14 heavy (non-hydrogen) atoms. The van der Waals surface area contributed by atoms with Crippen molar-refractivity contribution in [2.24, 2.45) is 0 Å². The first-order valence-electron chi connectivity index (χ1n) is 4.12. The molecule has 0 amide bonds. The Morgan fingerprint density at radius 1 is 1.43 bits per heavy atom. The van der Waals surface area contributed by atoms with Crippen LogP contribution in [0.15, 0.2) is 22.7 Å². The van der Waals surface area contributed by atoms with Gasteiger partial charge in [0.2, 0.25) is 0 Å². The van der Waals surface area contributed by atoms with Crippen LogP contribution in [0.4, 0.5) is 5.69 Å². The summed E-state index contributed by atoms with van der Waals surface area (Å²) in [6.07, 6.45) is 0. The van der Waals surface area contributed by atoms with Crippen LogP contribution >= 0.6 is 31.9 Å². The van der Waals surface area contributed by atoms with E-state index in [1.807, 2.05) is 37.2 Å². The van der Waals surface area contributed by atoms with Gasteiger partial charge in [-0.2, -0.15) is 0 Å². The second-order valence-corrected chi connectivity index (χ2v) is 4.53. The Morgan fingerprint density at radius 3 is 2.57 bits per heavy atom. The van der Waals surface area contributed by atoms with Gasteiger partial charge in [-0.3, -0.25) is 4.79 Å². The first-order chi connectivity index (χ1) is 6.56. The molecular weight excluding hydrogens is 310 g/mol. The molecule has 2 nitrogen and oxygen atoms in total. The summed E-state index contributed by atoms with van der Waals surface area (Å²) >= 11 is 6.52. The molecule has 0 saturated carbocycles. The Balaban J connectivity index is 3.15. The highest BCUT2D eigenvalue weighted by Gasteiger charge is 2.09. The molecule has 1 aromatic carbocycles. The number of benzene rings is 1. The van der Waals surface area contributed by atoms with Crippen LogP contribution in [0.3, 0.4) is 0 Å². The summed E-state index contributed by atoms with van der Waals surface area (Å²) < 4.78 is 0.840. The molecule has 0 radical (unpaired) electrons. The lowest BCUT2D eigenvalue weighted by atomic mass is 10.1. The van der Waals surface area contributed by atoms with Crippen LogP contribution in [0.25, 0.3) is 0 Å². The van der Waals surface area contributed by atoms with Crippen molar-refractivity contribution >= 4 is 43.3 Å². The quantitative estimate of drug-likeness (QED) is 0.630. The summed E-state index contributed by atoms with van der Waals surface area (Å²) in [6, 6.07) is 5.74. The van der Waals surface area contributed by atoms with Crippen LogP contribution in [0.2, 0.25) is 0 Å². The van der Waals surface area contributed by atoms with E-state index < -0.39 is 0 Å². The van der Waals surface area contributed by atoms with Gasteiger partial charge in [-0.05, 0) is 18.2 Å². The normalized spacial score (nSPS) is 10.0. The number of halogens is 2. The molecule has 0 saturated heterocycles. The molecule has 1 aromatic rings. The predicted octanol–water partition coefficient (Wildman–Crippen LogP) is 3.09. The third-order valence-electron chi connectivity index (χ3n) is 1.89. The van der Waals surface area contributed by atoms with Crippen molar-refractivity contribution in [3.8, 4) is 0 Å². The first kappa shape index (κ1) is 11.7. The lowest BCUT2D eigenvalue weighted by Crippen LogP contribution is -2.10. The molecule has 0 heterocycles. The minimum atomic E-state index is 0.0839. The molecule has 0 N–H and O–H groups in total. The SMILES string of the molecule is CN(C)c1ccc(Br)c(C(=O)CBr)c1. The van der Waals surface area contributed by atoms with E-state index in [0.29, 0.717) is 10.9 Å². The van der Waals surface area contributed by atoms with Gasteiger partial charge in [0.15, 0.2) is 5.78 Å². The third-order valence-corrected chi connectivity index (χ3v) is 3.09. The van der Waals surface area contributed by atoms with Gasteiger partial charge >= 0.3 is 0 Å². The van der Waals surface area contributed by atoms with Crippen LogP contribution in [-0.4, -0.2) is 25.2 Å². The molecule has 1 rings (SSSR count). The van der Waals surface area contributed by atoms with E-state index >= 15 is 0 Å². The van der Waals surface area contributed by atoms with Crippen LogP contribution in [0, 0.1) is 0 Å². The lowest BCUT2D eigenvalue weighted by molar-refractivity contribution is 0.102. The van der Waals surface area contributed by atoms with E-state index in [9.17, 15) is 4.79 Å². The van der Waals surface area contributed by atoms with E-state index in [1.165, 1.54) is 0 Å². The molecule has 0 aliphatic heterocycles. The zero-order chi connectivity index (χ0) is 10.7. The average molecular weight is 321 g/mol. The van der Waals surface area contributed by atoms with E-state index in [1.54, 1.807) is 0 Å². The zero-order valence-corrected chi connectivity index (χ0v) is 11.2. The van der Waals surface area contributed by atoms with Gasteiger partial charge in [-0.15, -0.1) is 0 Å². The number of ketones is 1. The number of anilines is 1. The molecule has 0 bridgehead atoms. The topological polar surface area (TPSA) is 20.3 Å². The Bertz CT molecular complexity index is 350. The van der Waals surface area contributed by atoms with Gasteiger partial charge in [-0.1, -0.05) is 31.9 Å². The fourth-order valence-electron chi connectivity index (χ4n) is 1.08. The number of rotatable bonds is 3. The summed E-state index contributed by atoms with van der Waals surface area (Å²) in [6.45, 7) is 0. The molecule has 0 fully saturated rings. The van der Waals surface area contributed by atoms with E-state index in [4.69, 9.17) is 0 Å². The summed E-state index contributed by atoms with van der Waals surface area (Å²) in [5.74, 6) is 0.0839. The largest absolute Gasteiger partial charge is 0.378 e. The van der Waals surface area contributed by atoms with Gasteiger partial charge in [0.1, 0.15) is 0 Å². The van der Waals surface area contributed by atoms with Crippen molar-refractivity contribution in [1.29, 1.82) is 0 Å². The van der Waals surface area contributed by atoms with Gasteiger partial charge in [-0.25, -0.2) is 0 Å². The van der Waals surface area contributed by atoms with Gasteiger partial charge in [0.25, 0.3) is 0 Å². The number of nitrogens with zero attached hydrogens (tertiary/aromatic N) is 1. The fraction of sp³-hybridized carbons (Fsp3) is 0.300. The Kier molecular flexibility index (Phi) is 4.13. The van der Waals surface area contributed by atoms with Crippen molar-refractivity contribution in [3.05, 3.63) is 28.2 Å². The molecule has 0 atom stereocenters. The summed E-state index contributed by atoms with van der Waals surface area (Å²) in [4.78, 5) is 13.5. The monoisotopic (exact) mass is 319 g/mol. The van der Waals surface area contributed by atoms with Crippen LogP contribution in [0.1, 0.15) is 10.4 Å². The van der Waals surface area contributed by atoms with Crippen LogP contribution in [0.5, 0.6) is 0 Å². The zero-order valence-electron chi connectivity index (χ0n) is 8.05. The summed E-state index contributed by atoms with van der Waals surface area (Å²) in [7, 11) is 3.90. The smallest absolute Gasteiger partial charge is 0.174 e. The highest BCUT2D eigenvalue weighted by Crippen LogP contribution is 2.23. The minimum absolute atomic E-state index is 0.0839.